The third-order valence-electron chi connectivity index (χ3n) is 18.4. The van der Waals surface area contributed by atoms with Crippen molar-refractivity contribution in [3.05, 3.63) is 253 Å². The van der Waals surface area contributed by atoms with E-state index in [9.17, 15) is 28.2 Å². The Kier molecular flexibility index (Phi) is 38.6. The summed E-state index contributed by atoms with van der Waals surface area (Å²) < 4.78 is 95.4. The van der Waals surface area contributed by atoms with Crippen molar-refractivity contribution in [1.29, 1.82) is 0 Å². The molecule has 626 valence electrons. The van der Waals surface area contributed by atoms with Gasteiger partial charge in [0.15, 0.2) is 0 Å². The van der Waals surface area contributed by atoms with Crippen LogP contribution in [0.5, 0.6) is 5.75 Å². The number of benzene rings is 10. The average molecular weight is 1770 g/mol. The Labute approximate surface area is 718 Å². The van der Waals surface area contributed by atoms with Crippen LogP contribution in [0.25, 0.3) is 92.2 Å². The molecule has 5 aliphatic rings. The first-order valence-corrected chi connectivity index (χ1v) is 45.1. The zero-order chi connectivity index (χ0) is 85.1. The summed E-state index contributed by atoms with van der Waals surface area (Å²) in [6.45, 7) is 31.7. The molecule has 2 aliphatic heterocycles. The molecule has 0 amide bonds. The van der Waals surface area contributed by atoms with E-state index in [1.165, 1.54) is 69.3 Å². The maximum Gasteiger partial charge on any atom is 2.00 e. The molecule has 117 heavy (non-hydrogen) atoms. The van der Waals surface area contributed by atoms with Crippen molar-refractivity contribution in [2.75, 3.05) is 96.4 Å². The minimum absolute atomic E-state index is 0. The first-order chi connectivity index (χ1) is 54.7. The number of hydrogen-bond donors (Lipinski definition) is 1. The van der Waals surface area contributed by atoms with Gasteiger partial charge in [0, 0.05) is 133 Å². The van der Waals surface area contributed by atoms with Gasteiger partial charge in [-0.15, -0.1) is 11.3 Å². The Morgan fingerprint density at radius 2 is 1.04 bits per heavy atom. The Balaban J connectivity index is 0.000000265. The molecule has 8 aromatic carbocycles. The van der Waals surface area contributed by atoms with Gasteiger partial charge in [-0.3, -0.25) is 18.3 Å². The number of aromatic nitrogens is 1. The van der Waals surface area contributed by atoms with Crippen molar-refractivity contribution in [2.45, 2.75) is 81.1 Å². The van der Waals surface area contributed by atoms with Crippen LogP contribution in [0.1, 0.15) is 97.1 Å². The first kappa shape index (κ1) is 99.5. The summed E-state index contributed by atoms with van der Waals surface area (Å²) in [7, 11) is 12.4. The molecule has 0 bridgehead atoms. The number of fused-ring (bicyclic) bond motifs is 8. The van der Waals surface area contributed by atoms with Crippen LogP contribution < -0.4 is 55.1 Å². The summed E-state index contributed by atoms with van der Waals surface area (Å²) in [5, 5.41) is 22.4. The second kappa shape index (κ2) is 45.4. The number of anilines is 1. The quantitative estimate of drug-likeness (QED) is 0.0305. The van der Waals surface area contributed by atoms with Crippen LogP contribution in [0.2, 0.25) is 0 Å². The minimum atomic E-state index is -3.52. The van der Waals surface area contributed by atoms with Crippen molar-refractivity contribution in [2.24, 2.45) is 7.05 Å². The van der Waals surface area contributed by atoms with Crippen LogP contribution in [0.15, 0.2) is 180 Å². The van der Waals surface area contributed by atoms with Crippen LogP contribution in [0.4, 0.5) is 5.69 Å². The predicted octanol–water partition coefficient (Wildman–Crippen LogP) is 19.6. The van der Waals surface area contributed by atoms with Crippen molar-refractivity contribution >= 4 is 151 Å². The Morgan fingerprint density at radius 3 is 1.60 bits per heavy atom. The summed E-state index contributed by atoms with van der Waals surface area (Å²) >= 11 is 1.73. The molecule has 0 saturated carbocycles. The molecule has 17 nitrogen and oxygen atoms in total. The van der Waals surface area contributed by atoms with Gasteiger partial charge in [-0.25, -0.2) is 18.5 Å². The molecule has 0 saturated heterocycles. The molecule has 24 heteroatoms. The van der Waals surface area contributed by atoms with Gasteiger partial charge in [0.05, 0.1) is 38.3 Å². The van der Waals surface area contributed by atoms with E-state index in [1.54, 1.807) is 23.5 Å². The van der Waals surface area contributed by atoms with Gasteiger partial charge < -0.3 is 64.7 Å². The molecule has 9 aromatic rings. The van der Waals surface area contributed by atoms with Gasteiger partial charge in [-0.2, -0.15) is 30.3 Å². The van der Waals surface area contributed by atoms with E-state index < -0.39 is 37.0 Å². The number of pyridine rings is 1. The summed E-state index contributed by atoms with van der Waals surface area (Å²) in [6.07, 6.45) is 8.19. The van der Waals surface area contributed by atoms with Gasteiger partial charge in [0.1, 0.15) is 72.0 Å². The normalized spacial score (nSPS) is 12.1. The molecule has 3 atom stereocenters. The number of para-hydroxylation sites is 1. The van der Waals surface area contributed by atoms with E-state index in [0.717, 1.165) is 134 Å². The Hall–Kier alpha value is -8.02. The largest absolute Gasteiger partial charge is 2.00 e. The fourth-order valence-corrected chi connectivity index (χ4v) is 20.1. The van der Waals surface area contributed by atoms with Gasteiger partial charge in [0.25, 0.3) is 7.37 Å². The molecule has 3 heterocycles. The van der Waals surface area contributed by atoms with Crippen molar-refractivity contribution in [1.82, 2.24) is 9.15 Å². The monoisotopic (exact) mass is 1770 g/mol. The van der Waals surface area contributed by atoms with Crippen LogP contribution in [-0.2, 0) is 76.4 Å². The molecule has 1 aromatic heterocycles. The number of hydrogen-bond acceptors (Lipinski definition) is 13. The number of aromatic carboxylic acids is 1. The third-order valence-corrected chi connectivity index (χ3v) is 26.0. The van der Waals surface area contributed by atoms with E-state index in [4.69, 9.17) is 27.0 Å². The van der Waals surface area contributed by atoms with E-state index in [1.807, 2.05) is 175 Å². The van der Waals surface area contributed by atoms with Crippen molar-refractivity contribution in [3.63, 3.8) is 0 Å². The van der Waals surface area contributed by atoms with Gasteiger partial charge >= 0.3 is 46.5 Å². The summed E-state index contributed by atoms with van der Waals surface area (Å²) in [5.41, 5.74) is 13.2. The topological polar surface area (TPSA) is 181 Å². The number of nitrogens with zero attached hydrogens (tertiary/aromatic N) is 5. The fourth-order valence-electron chi connectivity index (χ4n) is 13.2. The SMILES string of the molecule is COP(=O)(OC)c1c2ccc(C)cc2[n+](C)c2cc(N(C)C)ccc12.CO[PH](=O)c1c2c3c(cccc3c3cc(C)ccc13)C(=[N+](C)C)C=C2.CO[PH](=O)c1c2ccc(=[N+](C)C)cc-2sc2cc(C)ccc12.Cc1ccc2c(P(C)(=O)Oc3ccccc3C(=O)O)c3ccc(=[N+](C)C)cc-3oc2c1.[CH2-]CC.[CH2-]CC.[CH2-]CC.[CH2-]CC.[Ni+2].[Ni+2]. The number of allylic oxidation sites excluding steroid dienone is 1. The number of carboxylic acids is 1. The molecule has 1 N–H and O–H groups in total. The van der Waals surface area contributed by atoms with Crippen molar-refractivity contribution in [3.8, 4) is 27.5 Å². The molecular formula is C93H115N5Ni2O12P4S+4. The number of rotatable bonds is 12. The molecule has 14 rings (SSSR count). The Morgan fingerprint density at radius 1 is 0.538 bits per heavy atom. The number of aryl methyl sites for hydroxylation is 5. The standard InChI is InChI=1S/C24H22NO5P.C21H21NO2P.C19H24N2O3P.C17H19NO2PS.4C3H7.2Ni/c1-15-9-11-17-21(13-15)29-22-14-16(25(2)3)10-12-18(22)23(17)31(4,28)30-20-8-6-5-7-19(20)24(26)27;1-13-8-9-15-18(12-13)14-6-5-7-16-19(22(2)3)11-10-17(20(14)16)21(15)25(23)24-4;1-13-7-9-15-17(11-13)21(4)18-12-14(20(2)3)8-10-16(18)19(15)25(22,23-5)24-6;1-11-5-7-13-15(9-11)22-16-10-12(18(2)3)6-8-14(16)17(13)21(19)20-4;4*1-3-2;;/h5-14H,1-4H3;5-12,25H,1-4H3;7-12H,1-6H3;5-10,21H,1-4H3;4*1,3H2,2H3;;/q;3*+1;4*-1;2*+2/p+1. The summed E-state index contributed by atoms with van der Waals surface area (Å²) in [6, 6.07) is 55.0. The second-order valence-electron chi connectivity index (χ2n) is 28.4. The van der Waals surface area contributed by atoms with E-state index in [-0.39, 0.29) is 44.3 Å². The number of carbonyl (C=O) groups is 1. The summed E-state index contributed by atoms with van der Waals surface area (Å²) in [4.78, 5) is 14.8. The maximum absolute atomic E-state index is 14.0. The molecular weight excluding hydrogens is 1650 g/mol. The van der Waals surface area contributed by atoms with Crippen LogP contribution >= 0.6 is 42.4 Å². The molecule has 0 fully saturated rings. The zero-order valence-corrected chi connectivity index (χ0v) is 78.2. The Bertz CT molecular complexity index is 5990. The fraction of sp³-hybridized carbons (Fsp3) is 0.280. The van der Waals surface area contributed by atoms with Crippen LogP contribution in [0.3, 0.4) is 0 Å². The maximum atomic E-state index is 14.0. The van der Waals surface area contributed by atoms with Crippen molar-refractivity contribution < 1.29 is 97.3 Å². The van der Waals surface area contributed by atoms with E-state index in [0.29, 0.717) is 32.9 Å². The van der Waals surface area contributed by atoms with Crippen LogP contribution in [-0.4, -0.2) is 113 Å². The predicted molar refractivity (Wildman–Crippen MR) is 490 cm³/mol. The smallest absolute Gasteiger partial charge is 0.478 e. The van der Waals surface area contributed by atoms with Gasteiger partial charge in [-0.1, -0.05) is 106 Å². The van der Waals surface area contributed by atoms with Gasteiger partial charge in [0.2, 0.25) is 43.5 Å². The van der Waals surface area contributed by atoms with E-state index in [2.05, 4.69) is 152 Å². The third kappa shape index (κ3) is 23.3. The molecule has 0 spiro atoms. The zero-order valence-electron chi connectivity index (χ0n) is 71.6. The molecule has 3 unspecified atom stereocenters. The minimum Gasteiger partial charge on any atom is -0.478 e. The number of carboxylic acid groups (broad SMARTS) is 1. The molecule has 3 aliphatic carbocycles. The van der Waals surface area contributed by atoms with Gasteiger partial charge in [-0.05, 0) is 133 Å². The second-order valence-corrected chi connectivity index (χ2v) is 36.9. The van der Waals surface area contributed by atoms with E-state index >= 15 is 0 Å². The first-order valence-electron chi connectivity index (χ1n) is 38.0. The molecule has 0 radical (unpaired) electrons. The summed E-state index contributed by atoms with van der Waals surface area (Å²) in [5.74, 6) is -0.490. The van der Waals surface area contributed by atoms with Crippen LogP contribution in [0, 0.1) is 55.4 Å². The average Bonchev–Trinajstić information content (AvgIpc) is 0.729.